The molecular formula is C23H31NO4. The molecule has 4 fully saturated rings. The lowest BCUT2D eigenvalue weighted by Crippen LogP contribution is -2.61. The molecule has 0 spiro atoms. The topological polar surface area (TPSA) is 64.6 Å². The van der Waals surface area contributed by atoms with E-state index >= 15 is 0 Å². The molecule has 0 unspecified atom stereocenters. The van der Waals surface area contributed by atoms with E-state index in [2.05, 4.69) is 5.32 Å². The van der Waals surface area contributed by atoms with Gasteiger partial charge in [0.05, 0.1) is 0 Å². The number of aryl methyl sites for hydroxylation is 1. The third kappa shape index (κ3) is 3.89. The molecule has 0 radical (unpaired) electrons. The Morgan fingerprint density at radius 3 is 2.32 bits per heavy atom. The van der Waals surface area contributed by atoms with Crippen molar-refractivity contribution in [1.29, 1.82) is 0 Å². The van der Waals surface area contributed by atoms with Crippen LogP contribution < -0.4 is 10.1 Å². The average Bonchev–Trinajstić information content (AvgIpc) is 2.61. The van der Waals surface area contributed by atoms with Crippen molar-refractivity contribution in [3.8, 4) is 5.75 Å². The van der Waals surface area contributed by atoms with Crippen LogP contribution in [0.4, 0.5) is 0 Å². The van der Waals surface area contributed by atoms with Crippen LogP contribution in [0.2, 0.25) is 0 Å². The molecule has 0 heterocycles. The molecule has 4 aliphatic rings. The minimum atomic E-state index is -0.803. The predicted molar refractivity (Wildman–Crippen MR) is 106 cm³/mol. The van der Waals surface area contributed by atoms with E-state index in [1.54, 1.807) is 6.92 Å². The first-order chi connectivity index (χ1) is 13.3. The molecule has 1 N–H and O–H groups in total. The van der Waals surface area contributed by atoms with E-state index in [1.807, 2.05) is 32.0 Å². The highest BCUT2D eigenvalue weighted by Gasteiger charge is 2.51. The fourth-order valence-electron chi connectivity index (χ4n) is 5.93. The summed E-state index contributed by atoms with van der Waals surface area (Å²) in [5.74, 6) is 2.25. The Morgan fingerprint density at radius 2 is 1.71 bits per heavy atom. The maximum atomic E-state index is 12.7. The van der Waals surface area contributed by atoms with Crippen LogP contribution >= 0.6 is 0 Å². The van der Waals surface area contributed by atoms with E-state index in [9.17, 15) is 9.59 Å². The Balaban J connectivity index is 1.28. The van der Waals surface area contributed by atoms with E-state index in [0.29, 0.717) is 5.75 Å². The van der Waals surface area contributed by atoms with Crippen molar-refractivity contribution in [2.75, 3.05) is 6.61 Å². The number of nitrogens with one attached hydrogen (secondary N) is 1. The van der Waals surface area contributed by atoms with Crippen molar-refractivity contribution >= 4 is 11.9 Å². The lowest BCUT2D eigenvalue weighted by atomic mass is 9.53. The molecule has 0 saturated heterocycles. The van der Waals surface area contributed by atoms with Crippen molar-refractivity contribution in [1.82, 2.24) is 5.32 Å². The van der Waals surface area contributed by atoms with Crippen LogP contribution in [0.25, 0.3) is 0 Å². The first-order valence-corrected chi connectivity index (χ1v) is 10.5. The van der Waals surface area contributed by atoms with Gasteiger partial charge in [-0.25, -0.2) is 4.79 Å². The maximum Gasteiger partial charge on any atom is 0.344 e. The Morgan fingerprint density at radius 1 is 1.11 bits per heavy atom. The van der Waals surface area contributed by atoms with Crippen molar-refractivity contribution < 1.29 is 19.1 Å². The van der Waals surface area contributed by atoms with Crippen molar-refractivity contribution in [3.63, 3.8) is 0 Å². The van der Waals surface area contributed by atoms with Crippen LogP contribution in [-0.2, 0) is 14.3 Å². The molecule has 5 rings (SSSR count). The van der Waals surface area contributed by atoms with E-state index in [1.165, 1.54) is 19.3 Å². The summed E-state index contributed by atoms with van der Waals surface area (Å²) in [5, 5.41) is 3.26. The van der Waals surface area contributed by atoms with Crippen LogP contribution in [-0.4, -0.2) is 30.1 Å². The van der Waals surface area contributed by atoms with Gasteiger partial charge >= 0.3 is 5.97 Å². The molecule has 1 atom stereocenters. The summed E-state index contributed by atoms with van der Waals surface area (Å²) in [5.41, 5.74) is 2.04. The lowest BCUT2D eigenvalue weighted by Gasteiger charge is -2.57. The number of benzene rings is 1. The summed E-state index contributed by atoms with van der Waals surface area (Å²) in [7, 11) is 0. The summed E-state index contributed by atoms with van der Waals surface area (Å²) in [6.45, 7) is 5.40. The van der Waals surface area contributed by atoms with Gasteiger partial charge in [0.2, 0.25) is 0 Å². The van der Waals surface area contributed by atoms with Crippen LogP contribution in [0.3, 0.4) is 0 Å². The fraction of sp³-hybridized carbons (Fsp3) is 0.652. The van der Waals surface area contributed by atoms with Crippen LogP contribution in [0, 0.1) is 31.6 Å². The van der Waals surface area contributed by atoms with Gasteiger partial charge in [0.1, 0.15) is 5.75 Å². The number of hydrogen-bond donors (Lipinski definition) is 1. The van der Waals surface area contributed by atoms with Gasteiger partial charge in [-0.2, -0.15) is 0 Å². The highest BCUT2D eigenvalue weighted by atomic mass is 16.6. The molecule has 4 saturated carbocycles. The Bertz CT molecular complexity index is 737. The van der Waals surface area contributed by atoms with Gasteiger partial charge in [-0.3, -0.25) is 4.79 Å². The number of carbonyl (C=O) groups is 2. The van der Waals surface area contributed by atoms with E-state index in [-0.39, 0.29) is 18.1 Å². The number of rotatable bonds is 6. The van der Waals surface area contributed by atoms with Crippen molar-refractivity contribution in [2.45, 2.75) is 70.9 Å². The number of carbonyl (C=O) groups excluding carboxylic acids is 2. The number of esters is 1. The fourth-order valence-corrected chi connectivity index (χ4v) is 5.93. The Kier molecular flexibility index (Phi) is 5.11. The monoisotopic (exact) mass is 385 g/mol. The zero-order valence-electron chi connectivity index (χ0n) is 17.1. The molecular weight excluding hydrogens is 354 g/mol. The molecule has 5 heteroatoms. The zero-order chi connectivity index (χ0) is 19.9. The summed E-state index contributed by atoms with van der Waals surface area (Å²) in [6.07, 6.45) is 6.44. The third-order valence-electron chi connectivity index (χ3n) is 7.00. The first-order valence-electron chi connectivity index (χ1n) is 10.5. The first kappa shape index (κ1) is 19.3. The molecule has 5 nitrogen and oxygen atoms in total. The predicted octanol–water partition coefficient (Wildman–Crippen LogP) is 3.70. The largest absolute Gasteiger partial charge is 0.482 e. The summed E-state index contributed by atoms with van der Waals surface area (Å²) in [6, 6.07) is 5.72. The van der Waals surface area contributed by atoms with Crippen molar-refractivity contribution in [2.24, 2.45) is 17.8 Å². The zero-order valence-corrected chi connectivity index (χ0v) is 17.1. The maximum absolute atomic E-state index is 12.7. The molecule has 1 amide bonds. The van der Waals surface area contributed by atoms with Gasteiger partial charge in [-0.05, 0) is 94.2 Å². The van der Waals surface area contributed by atoms with Crippen LogP contribution in [0.15, 0.2) is 18.2 Å². The second kappa shape index (κ2) is 7.41. The van der Waals surface area contributed by atoms with Gasteiger partial charge in [0.25, 0.3) is 5.91 Å². The third-order valence-corrected chi connectivity index (χ3v) is 7.00. The molecule has 0 aromatic heterocycles. The van der Waals surface area contributed by atoms with Gasteiger partial charge in [0, 0.05) is 5.54 Å². The smallest absolute Gasteiger partial charge is 0.344 e. The second-order valence-corrected chi connectivity index (χ2v) is 9.31. The van der Waals surface area contributed by atoms with E-state index in [0.717, 1.165) is 48.1 Å². The Hall–Kier alpha value is -2.04. The minimum absolute atomic E-state index is 0.0678. The van der Waals surface area contributed by atoms with E-state index in [4.69, 9.17) is 9.47 Å². The van der Waals surface area contributed by atoms with Crippen LogP contribution in [0.1, 0.15) is 56.6 Å². The lowest BCUT2D eigenvalue weighted by molar-refractivity contribution is -0.158. The van der Waals surface area contributed by atoms with Gasteiger partial charge < -0.3 is 14.8 Å². The molecule has 0 aliphatic heterocycles. The average molecular weight is 386 g/mol. The summed E-state index contributed by atoms with van der Waals surface area (Å²) < 4.78 is 10.9. The molecule has 4 aliphatic carbocycles. The molecule has 4 bridgehead atoms. The second-order valence-electron chi connectivity index (χ2n) is 9.31. The van der Waals surface area contributed by atoms with Gasteiger partial charge in [0.15, 0.2) is 12.7 Å². The Labute approximate surface area is 167 Å². The van der Waals surface area contributed by atoms with Gasteiger partial charge in [-0.1, -0.05) is 12.1 Å². The van der Waals surface area contributed by atoms with E-state index < -0.39 is 12.1 Å². The molecule has 152 valence electrons. The molecule has 1 aromatic rings. The van der Waals surface area contributed by atoms with Crippen molar-refractivity contribution in [3.05, 3.63) is 29.3 Å². The number of hydrogen-bond acceptors (Lipinski definition) is 4. The normalized spacial score (nSPS) is 31.3. The molecule has 28 heavy (non-hydrogen) atoms. The SMILES string of the molecule is Cc1cccc(OCC(=O)O[C@@H](C)C(=O)NC23CC4CC(CC(C4)C2)C3)c1C. The highest BCUT2D eigenvalue weighted by Crippen LogP contribution is 2.55. The summed E-state index contributed by atoms with van der Waals surface area (Å²) in [4.78, 5) is 24.9. The highest BCUT2D eigenvalue weighted by molar-refractivity contribution is 5.84. The summed E-state index contributed by atoms with van der Waals surface area (Å²) >= 11 is 0. The quantitative estimate of drug-likeness (QED) is 0.759. The number of ether oxygens (including phenoxy) is 2. The van der Waals surface area contributed by atoms with Gasteiger partial charge in [-0.15, -0.1) is 0 Å². The number of amides is 1. The minimum Gasteiger partial charge on any atom is -0.482 e. The molecule has 1 aromatic carbocycles. The van der Waals surface area contributed by atoms with Crippen LogP contribution in [0.5, 0.6) is 5.75 Å². The standard InChI is InChI=1S/C23H31NO4/c1-14-5-4-6-20(15(14)2)27-13-21(25)28-16(3)22(26)24-23-10-17-7-18(11-23)9-19(8-17)12-23/h4-6,16-19H,7-13H2,1-3H3,(H,24,26)/t16-,17?,18?,19?,23?/m0/s1.